The van der Waals surface area contributed by atoms with E-state index in [0.29, 0.717) is 35.1 Å². The van der Waals surface area contributed by atoms with Crippen molar-refractivity contribution < 1.29 is 13.9 Å². The van der Waals surface area contributed by atoms with Crippen LogP contribution in [0.2, 0.25) is 5.02 Å². The molecule has 6 heteroatoms. The molecule has 0 saturated carbocycles. The number of rotatable bonds is 6. The SMILES string of the molecule is COc1cc(CCN)cc(Cl)c1OCc1cncc(F)c1. The van der Waals surface area contributed by atoms with Crippen LogP contribution in [0, 0.1) is 5.82 Å². The van der Waals surface area contributed by atoms with Crippen LogP contribution in [0.25, 0.3) is 0 Å². The van der Waals surface area contributed by atoms with Crippen molar-refractivity contribution in [1.29, 1.82) is 0 Å². The standard InChI is InChI=1S/C15H16ClFN2O2/c1-20-14-6-10(2-3-18)5-13(16)15(14)21-9-11-4-12(17)8-19-7-11/h4-8H,2-3,9,18H2,1H3. The Balaban J connectivity index is 2.19. The van der Waals surface area contributed by atoms with Crippen LogP contribution in [0.5, 0.6) is 11.5 Å². The molecule has 0 atom stereocenters. The maximum Gasteiger partial charge on any atom is 0.180 e. The van der Waals surface area contributed by atoms with Gasteiger partial charge in [0, 0.05) is 11.8 Å². The van der Waals surface area contributed by atoms with Crippen molar-refractivity contribution in [3.63, 3.8) is 0 Å². The minimum Gasteiger partial charge on any atom is -0.493 e. The summed E-state index contributed by atoms with van der Waals surface area (Å²) in [6, 6.07) is 4.98. The molecule has 2 N–H and O–H groups in total. The van der Waals surface area contributed by atoms with Gasteiger partial charge in [-0.05, 0) is 36.7 Å². The summed E-state index contributed by atoms with van der Waals surface area (Å²) in [7, 11) is 1.54. The van der Waals surface area contributed by atoms with Gasteiger partial charge < -0.3 is 15.2 Å². The Bertz CT molecular complexity index is 623. The highest BCUT2D eigenvalue weighted by Crippen LogP contribution is 2.37. The molecule has 21 heavy (non-hydrogen) atoms. The van der Waals surface area contributed by atoms with Crippen LogP contribution in [0.3, 0.4) is 0 Å². The van der Waals surface area contributed by atoms with Gasteiger partial charge in [0.1, 0.15) is 12.4 Å². The Labute approximate surface area is 127 Å². The van der Waals surface area contributed by atoms with Gasteiger partial charge in [-0.1, -0.05) is 11.6 Å². The summed E-state index contributed by atoms with van der Waals surface area (Å²) in [5, 5.41) is 0.433. The first kappa shape index (κ1) is 15.5. The number of hydrogen-bond donors (Lipinski definition) is 1. The minimum absolute atomic E-state index is 0.150. The molecule has 2 rings (SSSR count). The molecule has 112 valence electrons. The van der Waals surface area contributed by atoms with Crippen LogP contribution in [0.4, 0.5) is 4.39 Å². The van der Waals surface area contributed by atoms with Crippen LogP contribution in [0.1, 0.15) is 11.1 Å². The molecule has 0 spiro atoms. The first-order chi connectivity index (χ1) is 10.1. The molecule has 0 unspecified atom stereocenters. The molecule has 1 aromatic heterocycles. The van der Waals surface area contributed by atoms with Gasteiger partial charge >= 0.3 is 0 Å². The third kappa shape index (κ3) is 4.06. The Morgan fingerprint density at radius 2 is 2.05 bits per heavy atom. The highest BCUT2D eigenvalue weighted by molar-refractivity contribution is 6.32. The van der Waals surface area contributed by atoms with Crippen molar-refractivity contribution in [1.82, 2.24) is 4.98 Å². The van der Waals surface area contributed by atoms with Crippen LogP contribution in [0.15, 0.2) is 30.6 Å². The average Bonchev–Trinajstić information content (AvgIpc) is 2.46. The summed E-state index contributed by atoms with van der Waals surface area (Å²) in [5.41, 5.74) is 7.11. The Kier molecular flexibility index (Phi) is 5.36. The number of benzene rings is 1. The number of ether oxygens (including phenoxy) is 2. The summed E-state index contributed by atoms with van der Waals surface area (Å²) >= 11 is 6.21. The summed E-state index contributed by atoms with van der Waals surface area (Å²) < 4.78 is 24.0. The first-order valence-corrected chi connectivity index (χ1v) is 6.80. The van der Waals surface area contributed by atoms with Crippen molar-refractivity contribution in [2.24, 2.45) is 5.73 Å². The molecule has 0 bridgehead atoms. The molecule has 2 aromatic rings. The van der Waals surface area contributed by atoms with Gasteiger partial charge in [0.2, 0.25) is 0 Å². The molecule has 0 saturated heterocycles. The summed E-state index contributed by atoms with van der Waals surface area (Å²) in [6.45, 7) is 0.672. The largest absolute Gasteiger partial charge is 0.493 e. The zero-order chi connectivity index (χ0) is 15.2. The number of aromatic nitrogens is 1. The van der Waals surface area contributed by atoms with E-state index in [9.17, 15) is 4.39 Å². The van der Waals surface area contributed by atoms with Gasteiger partial charge in [-0.2, -0.15) is 0 Å². The minimum atomic E-state index is -0.410. The second-order valence-corrected chi connectivity index (χ2v) is 4.85. The van der Waals surface area contributed by atoms with E-state index in [-0.39, 0.29) is 6.61 Å². The second kappa shape index (κ2) is 7.24. The predicted octanol–water partition coefficient (Wildman–Crippen LogP) is 2.96. The molecule has 0 aliphatic carbocycles. The van der Waals surface area contributed by atoms with Gasteiger partial charge in [0.25, 0.3) is 0 Å². The van der Waals surface area contributed by atoms with Crippen molar-refractivity contribution in [3.8, 4) is 11.5 Å². The summed E-state index contributed by atoms with van der Waals surface area (Å²) in [5.74, 6) is 0.534. The molecule has 0 radical (unpaired) electrons. The number of methoxy groups -OCH3 is 1. The van der Waals surface area contributed by atoms with E-state index in [0.717, 1.165) is 11.8 Å². The van der Waals surface area contributed by atoms with Crippen LogP contribution in [-0.2, 0) is 13.0 Å². The average molecular weight is 311 g/mol. The second-order valence-electron chi connectivity index (χ2n) is 4.45. The molecule has 0 amide bonds. The van der Waals surface area contributed by atoms with E-state index in [1.54, 1.807) is 6.07 Å². The van der Waals surface area contributed by atoms with Crippen molar-refractivity contribution >= 4 is 11.6 Å². The summed E-state index contributed by atoms with van der Waals surface area (Å²) in [4.78, 5) is 3.77. The zero-order valence-electron chi connectivity index (χ0n) is 11.6. The Hall–Kier alpha value is -1.85. The van der Waals surface area contributed by atoms with E-state index in [1.807, 2.05) is 6.07 Å². The van der Waals surface area contributed by atoms with E-state index in [2.05, 4.69) is 4.98 Å². The summed E-state index contributed by atoms with van der Waals surface area (Å²) in [6.07, 6.45) is 3.37. The van der Waals surface area contributed by atoms with Crippen LogP contribution < -0.4 is 15.2 Å². The normalized spacial score (nSPS) is 10.5. The quantitative estimate of drug-likeness (QED) is 0.891. The third-order valence-electron chi connectivity index (χ3n) is 2.87. The first-order valence-electron chi connectivity index (χ1n) is 6.42. The maximum atomic E-state index is 13.1. The van der Waals surface area contributed by atoms with E-state index in [1.165, 1.54) is 19.4 Å². The lowest BCUT2D eigenvalue weighted by atomic mass is 10.1. The highest BCUT2D eigenvalue weighted by Gasteiger charge is 2.12. The number of hydrogen-bond acceptors (Lipinski definition) is 4. The fraction of sp³-hybridized carbons (Fsp3) is 0.267. The highest BCUT2D eigenvalue weighted by atomic mass is 35.5. The number of pyridine rings is 1. The Morgan fingerprint density at radius 1 is 1.24 bits per heavy atom. The molecule has 0 aliphatic heterocycles. The zero-order valence-corrected chi connectivity index (χ0v) is 12.4. The van der Waals surface area contributed by atoms with Gasteiger partial charge in [-0.25, -0.2) is 4.39 Å². The fourth-order valence-corrected chi connectivity index (χ4v) is 2.20. The van der Waals surface area contributed by atoms with Crippen molar-refractivity contribution in [2.45, 2.75) is 13.0 Å². The van der Waals surface area contributed by atoms with Crippen LogP contribution in [-0.4, -0.2) is 18.6 Å². The van der Waals surface area contributed by atoms with E-state index in [4.69, 9.17) is 26.8 Å². The molecule has 0 fully saturated rings. The van der Waals surface area contributed by atoms with E-state index >= 15 is 0 Å². The molecule has 4 nitrogen and oxygen atoms in total. The lowest BCUT2D eigenvalue weighted by molar-refractivity contribution is 0.283. The van der Waals surface area contributed by atoms with Gasteiger partial charge in [0.05, 0.1) is 18.3 Å². The van der Waals surface area contributed by atoms with E-state index < -0.39 is 5.82 Å². The Morgan fingerprint density at radius 3 is 2.71 bits per heavy atom. The number of nitrogens with two attached hydrogens (primary N) is 1. The monoisotopic (exact) mass is 310 g/mol. The van der Waals surface area contributed by atoms with Crippen molar-refractivity contribution in [2.75, 3.05) is 13.7 Å². The predicted molar refractivity (Wildman–Crippen MR) is 79.3 cm³/mol. The molecule has 1 heterocycles. The van der Waals surface area contributed by atoms with Gasteiger partial charge in [-0.15, -0.1) is 0 Å². The maximum absolute atomic E-state index is 13.1. The van der Waals surface area contributed by atoms with Crippen LogP contribution >= 0.6 is 11.6 Å². The van der Waals surface area contributed by atoms with Gasteiger partial charge in [0.15, 0.2) is 11.5 Å². The molecule has 0 aliphatic rings. The lowest BCUT2D eigenvalue weighted by Crippen LogP contribution is -2.04. The number of halogens is 2. The van der Waals surface area contributed by atoms with Crippen molar-refractivity contribution in [3.05, 3.63) is 52.6 Å². The fourth-order valence-electron chi connectivity index (χ4n) is 1.91. The van der Waals surface area contributed by atoms with Gasteiger partial charge in [-0.3, -0.25) is 4.98 Å². The molecular formula is C15H16ClFN2O2. The number of nitrogens with zero attached hydrogens (tertiary/aromatic N) is 1. The smallest absolute Gasteiger partial charge is 0.180 e. The molecule has 1 aromatic carbocycles. The lowest BCUT2D eigenvalue weighted by Gasteiger charge is -2.14. The topological polar surface area (TPSA) is 57.4 Å². The third-order valence-corrected chi connectivity index (χ3v) is 3.15. The molecular weight excluding hydrogens is 295 g/mol.